The minimum Gasteiger partial charge on any atom is -0.489 e. The lowest BCUT2D eigenvalue weighted by Gasteiger charge is -2.28. The normalized spacial score (nSPS) is 13.1. The van der Waals surface area contributed by atoms with Gasteiger partial charge >= 0.3 is 0 Å². The van der Waals surface area contributed by atoms with Crippen LogP contribution in [0.15, 0.2) is 72.4 Å². The predicted octanol–water partition coefficient (Wildman–Crippen LogP) is 9.35. The van der Waals surface area contributed by atoms with Crippen molar-refractivity contribution in [3.05, 3.63) is 89.5 Å². The van der Waals surface area contributed by atoms with Gasteiger partial charge in [-0.3, -0.25) is 0 Å². The zero-order chi connectivity index (χ0) is 36.4. The van der Waals surface area contributed by atoms with Gasteiger partial charge in [0.25, 0.3) is 0 Å². The summed E-state index contributed by atoms with van der Waals surface area (Å²) in [6.07, 6.45) is 15.8. The van der Waals surface area contributed by atoms with Crippen molar-refractivity contribution in [2.45, 2.75) is 104 Å². The van der Waals surface area contributed by atoms with Gasteiger partial charge in [0, 0.05) is 67.1 Å². The Labute approximate surface area is 307 Å². The average Bonchev–Trinajstić information content (AvgIpc) is 3.71. The molecule has 0 bridgehead atoms. The fraction of sp³-hybridized carbons (Fsp3) is 0.512. The number of aliphatic hydroxyl groups excluding tert-OH is 1. The van der Waals surface area contributed by atoms with Crippen LogP contribution in [0, 0.1) is 0 Å². The molecule has 8 heteroatoms. The molecule has 51 heavy (non-hydrogen) atoms. The predicted molar refractivity (Wildman–Crippen MR) is 216 cm³/mol. The van der Waals surface area contributed by atoms with Crippen LogP contribution in [0.1, 0.15) is 113 Å². The molecule has 0 spiro atoms. The highest BCUT2D eigenvalue weighted by molar-refractivity contribution is 5.98. The van der Waals surface area contributed by atoms with Crippen LogP contribution in [-0.4, -0.2) is 56.0 Å². The molecular weight excluding hydrogens is 635 g/mol. The maximum Gasteiger partial charge on any atom is 0.170 e. The molecule has 1 fully saturated rings. The van der Waals surface area contributed by atoms with E-state index < -0.39 is 0 Å². The number of nitrogens with zero attached hydrogens (tertiary/aromatic N) is 4. The molecule has 0 radical (unpaired) electrons. The number of rotatable bonds is 23. The van der Waals surface area contributed by atoms with Crippen molar-refractivity contribution >= 4 is 28.6 Å². The van der Waals surface area contributed by atoms with Crippen LogP contribution in [0.5, 0.6) is 5.75 Å². The summed E-state index contributed by atoms with van der Waals surface area (Å²) in [6, 6.07) is 20.9. The largest absolute Gasteiger partial charge is 0.489 e. The van der Waals surface area contributed by atoms with Gasteiger partial charge in [0.1, 0.15) is 12.4 Å². The third kappa shape index (κ3) is 11.7. The third-order valence-electron chi connectivity index (χ3n) is 10.2. The number of ether oxygens (including phenoxy) is 1. The van der Waals surface area contributed by atoms with Crippen LogP contribution in [0.4, 0.5) is 17.1 Å². The van der Waals surface area contributed by atoms with Gasteiger partial charge in [-0.1, -0.05) is 89.1 Å². The van der Waals surface area contributed by atoms with Crippen LogP contribution in [0.25, 0.3) is 5.70 Å². The summed E-state index contributed by atoms with van der Waals surface area (Å²) in [7, 11) is 2.03. The van der Waals surface area contributed by atoms with E-state index in [-0.39, 0.29) is 12.4 Å². The molecule has 0 unspecified atom stereocenters. The van der Waals surface area contributed by atoms with Gasteiger partial charge in [-0.2, -0.15) is 0 Å². The van der Waals surface area contributed by atoms with Crippen molar-refractivity contribution in [2.75, 3.05) is 54.5 Å². The fourth-order valence-electron chi connectivity index (χ4n) is 6.99. The Morgan fingerprint density at radius 1 is 0.804 bits per heavy atom. The topological polar surface area (TPSA) is 97.8 Å². The molecule has 8 nitrogen and oxygen atoms in total. The number of hydrogen-bond donors (Lipinski definition) is 3. The zero-order valence-electron chi connectivity index (χ0n) is 31.6. The first-order chi connectivity index (χ1) is 24.9. The molecule has 4 rings (SSSR count). The Balaban J connectivity index is 1.46. The quantitative estimate of drug-likeness (QED) is 0.0299. The van der Waals surface area contributed by atoms with Crippen LogP contribution in [0.2, 0.25) is 0 Å². The number of hydrogen-bond acceptors (Lipinski definition) is 7. The molecule has 0 amide bonds. The number of oxime groups is 1. The number of amidine groups is 1. The number of nitrogens with two attached hydrogens (primary N) is 1. The maximum atomic E-state index is 9.85. The Hall–Kier alpha value is -4.17. The molecule has 1 saturated heterocycles. The van der Waals surface area contributed by atoms with Gasteiger partial charge in [-0.15, -0.1) is 0 Å². The van der Waals surface area contributed by atoms with Gasteiger partial charge in [-0.25, -0.2) is 0 Å². The molecule has 278 valence electrons. The lowest BCUT2D eigenvalue weighted by molar-refractivity contribution is 0.298. The summed E-state index contributed by atoms with van der Waals surface area (Å²) in [5, 5.41) is 22.5. The second-order valence-corrected chi connectivity index (χ2v) is 13.9. The average molecular weight is 698 g/mol. The molecule has 0 aliphatic carbocycles. The van der Waals surface area contributed by atoms with Crippen molar-refractivity contribution in [1.82, 2.24) is 0 Å². The van der Waals surface area contributed by atoms with Crippen LogP contribution in [0.3, 0.4) is 0 Å². The minimum absolute atomic E-state index is 0.0920. The molecule has 3 aromatic rings. The van der Waals surface area contributed by atoms with Gasteiger partial charge < -0.3 is 35.5 Å². The summed E-state index contributed by atoms with van der Waals surface area (Å²) < 4.78 is 6.43. The molecule has 0 atom stereocenters. The number of anilines is 3. The monoisotopic (exact) mass is 697 g/mol. The molecular formula is C43H63N5O3. The van der Waals surface area contributed by atoms with Crippen molar-refractivity contribution in [1.29, 1.82) is 0 Å². The van der Waals surface area contributed by atoms with E-state index in [1.165, 1.54) is 69.0 Å². The molecule has 3 aromatic carbocycles. The second kappa shape index (κ2) is 21.3. The fourth-order valence-corrected chi connectivity index (χ4v) is 6.99. The SMILES string of the molecule is C=C(c1ccc(OCc2cc(N3CCCC3)ccc2N(CCO)CCCC)cc1)N(C)c1cc(/C(N)=N/O)ccc1CCCCCCCCCC. The van der Waals surface area contributed by atoms with E-state index in [4.69, 9.17) is 10.5 Å². The molecule has 1 aliphatic heterocycles. The lowest BCUT2D eigenvalue weighted by atomic mass is 10.00. The number of benzene rings is 3. The van der Waals surface area contributed by atoms with Gasteiger partial charge in [0.2, 0.25) is 0 Å². The molecule has 0 aromatic heterocycles. The van der Waals surface area contributed by atoms with E-state index >= 15 is 0 Å². The van der Waals surface area contributed by atoms with Crippen LogP contribution < -0.4 is 25.2 Å². The summed E-state index contributed by atoms with van der Waals surface area (Å²) in [6.45, 7) is 13.2. The highest BCUT2D eigenvalue weighted by atomic mass is 16.5. The van der Waals surface area contributed by atoms with Crippen molar-refractivity contribution in [3.63, 3.8) is 0 Å². The number of aryl methyl sites for hydroxylation is 1. The summed E-state index contributed by atoms with van der Waals surface area (Å²) in [5.41, 5.74) is 14.3. The number of aliphatic hydroxyl groups is 1. The van der Waals surface area contributed by atoms with E-state index in [2.05, 4.69) is 76.7 Å². The van der Waals surface area contributed by atoms with Gasteiger partial charge in [-0.05, 0) is 91.8 Å². The minimum atomic E-state index is 0.0920. The highest BCUT2D eigenvalue weighted by Crippen LogP contribution is 2.32. The molecule has 0 saturated carbocycles. The smallest absolute Gasteiger partial charge is 0.170 e. The van der Waals surface area contributed by atoms with Crippen LogP contribution >= 0.6 is 0 Å². The van der Waals surface area contributed by atoms with Crippen molar-refractivity contribution in [2.24, 2.45) is 10.9 Å². The molecule has 1 aliphatic rings. The Morgan fingerprint density at radius 3 is 2.14 bits per heavy atom. The van der Waals surface area contributed by atoms with Gasteiger partial charge in [0.15, 0.2) is 5.84 Å². The highest BCUT2D eigenvalue weighted by Gasteiger charge is 2.18. The van der Waals surface area contributed by atoms with E-state index in [0.29, 0.717) is 18.7 Å². The number of unbranched alkanes of at least 4 members (excludes halogenated alkanes) is 8. The summed E-state index contributed by atoms with van der Waals surface area (Å²) >= 11 is 0. The Kier molecular flexibility index (Phi) is 16.5. The standard InChI is InChI=1S/C43H63N5O3/c1-5-7-9-10-11-12-13-14-17-36-18-19-37(43(44)45-50)32-42(36)46(4)34(3)35-20-23-40(24-21-35)51-33-38-31-39(47-27-15-16-28-47)22-25-41(38)48(29-30-49)26-8-6-2/h18-25,31-32,49-50H,3,5-17,26-30,33H2,1-2,4H3,(H2,44,45). The summed E-state index contributed by atoms with van der Waals surface area (Å²) in [4.78, 5) is 6.84. The zero-order valence-corrected chi connectivity index (χ0v) is 31.6. The Morgan fingerprint density at radius 2 is 1.47 bits per heavy atom. The first-order valence-electron chi connectivity index (χ1n) is 19.4. The van der Waals surface area contributed by atoms with Crippen molar-refractivity contribution < 1.29 is 15.1 Å². The van der Waals surface area contributed by atoms with Crippen LogP contribution in [-0.2, 0) is 13.0 Å². The molecule has 4 N–H and O–H groups in total. The molecule has 1 heterocycles. The van der Waals surface area contributed by atoms with E-state index in [1.54, 1.807) is 0 Å². The third-order valence-corrected chi connectivity index (χ3v) is 10.2. The first-order valence-corrected chi connectivity index (χ1v) is 19.4. The maximum absolute atomic E-state index is 9.85. The lowest BCUT2D eigenvalue weighted by Crippen LogP contribution is -2.29. The van der Waals surface area contributed by atoms with E-state index in [0.717, 1.165) is 79.3 Å². The first kappa shape index (κ1) is 39.6. The van der Waals surface area contributed by atoms with E-state index in [1.807, 2.05) is 31.3 Å². The van der Waals surface area contributed by atoms with Crippen molar-refractivity contribution in [3.8, 4) is 5.75 Å². The second-order valence-electron chi connectivity index (χ2n) is 13.9. The summed E-state index contributed by atoms with van der Waals surface area (Å²) in [5.74, 6) is 0.882. The van der Waals surface area contributed by atoms with Gasteiger partial charge in [0.05, 0.1) is 6.61 Å². The van der Waals surface area contributed by atoms with E-state index in [9.17, 15) is 10.3 Å². The Bertz CT molecular complexity index is 1520.